The van der Waals surface area contributed by atoms with Gasteiger partial charge in [0.15, 0.2) is 0 Å². The molecule has 2 aromatic carbocycles. The molecule has 20 heavy (non-hydrogen) atoms. The Bertz CT molecular complexity index is 577. The van der Waals surface area contributed by atoms with E-state index >= 15 is 0 Å². The highest BCUT2D eigenvalue weighted by molar-refractivity contribution is 5.93. The molecule has 0 fully saturated rings. The van der Waals surface area contributed by atoms with E-state index in [-0.39, 0.29) is 12.4 Å². The van der Waals surface area contributed by atoms with E-state index in [2.05, 4.69) is 5.32 Å². The van der Waals surface area contributed by atoms with E-state index in [1.54, 1.807) is 6.92 Å². The molecule has 0 bridgehead atoms. The highest BCUT2D eigenvalue weighted by Gasteiger charge is 2.11. The molecule has 0 radical (unpaired) electrons. The summed E-state index contributed by atoms with van der Waals surface area (Å²) >= 11 is 0. The van der Waals surface area contributed by atoms with Crippen molar-refractivity contribution in [2.24, 2.45) is 0 Å². The SMILES string of the molecule is CCOC(=O)CC(O)CNc1cccc2ccccc12. The van der Waals surface area contributed by atoms with Crippen LogP contribution in [0.1, 0.15) is 13.3 Å². The number of carbonyl (C=O) groups is 1. The molecule has 0 aromatic heterocycles. The minimum absolute atomic E-state index is 0.00556. The Morgan fingerprint density at radius 1 is 1.25 bits per heavy atom. The summed E-state index contributed by atoms with van der Waals surface area (Å²) in [5, 5.41) is 15.2. The van der Waals surface area contributed by atoms with E-state index in [0.29, 0.717) is 13.2 Å². The van der Waals surface area contributed by atoms with Gasteiger partial charge < -0.3 is 15.2 Å². The number of esters is 1. The molecule has 0 saturated heterocycles. The van der Waals surface area contributed by atoms with Crippen LogP contribution in [0.5, 0.6) is 0 Å². The molecule has 2 aromatic rings. The number of nitrogens with one attached hydrogen (secondary N) is 1. The first-order valence-electron chi connectivity index (χ1n) is 6.76. The van der Waals surface area contributed by atoms with Gasteiger partial charge >= 0.3 is 5.97 Å². The first kappa shape index (κ1) is 14.3. The van der Waals surface area contributed by atoms with E-state index in [9.17, 15) is 9.90 Å². The number of hydrogen-bond donors (Lipinski definition) is 2. The second-order valence-electron chi connectivity index (χ2n) is 4.57. The number of benzene rings is 2. The molecule has 2 rings (SSSR count). The Kier molecular flexibility index (Phi) is 4.96. The lowest BCUT2D eigenvalue weighted by Crippen LogP contribution is -2.23. The van der Waals surface area contributed by atoms with Crippen molar-refractivity contribution in [3.8, 4) is 0 Å². The lowest BCUT2D eigenvalue weighted by Gasteiger charge is -2.13. The lowest BCUT2D eigenvalue weighted by molar-refractivity contribution is -0.145. The summed E-state index contributed by atoms with van der Waals surface area (Å²) < 4.78 is 4.81. The number of carbonyl (C=O) groups excluding carboxylic acids is 1. The summed E-state index contributed by atoms with van der Waals surface area (Å²) in [4.78, 5) is 11.3. The van der Waals surface area contributed by atoms with Gasteiger partial charge in [0.1, 0.15) is 0 Å². The maximum absolute atomic E-state index is 11.3. The molecular weight excluding hydrogens is 254 g/mol. The fourth-order valence-corrected chi connectivity index (χ4v) is 2.09. The van der Waals surface area contributed by atoms with Crippen LogP contribution in [0.2, 0.25) is 0 Å². The molecule has 1 atom stereocenters. The Labute approximate surface area is 118 Å². The standard InChI is InChI=1S/C16H19NO3/c1-2-20-16(19)10-13(18)11-17-15-9-5-7-12-6-3-4-8-14(12)15/h3-9,13,17-18H,2,10-11H2,1H3. The maximum atomic E-state index is 11.3. The molecule has 4 heteroatoms. The van der Waals surface area contributed by atoms with Crippen molar-refractivity contribution in [2.75, 3.05) is 18.5 Å². The van der Waals surface area contributed by atoms with Crippen molar-refractivity contribution < 1.29 is 14.6 Å². The number of rotatable bonds is 6. The van der Waals surface area contributed by atoms with Gasteiger partial charge in [-0.1, -0.05) is 36.4 Å². The monoisotopic (exact) mass is 273 g/mol. The van der Waals surface area contributed by atoms with Gasteiger partial charge in [0.25, 0.3) is 0 Å². The number of anilines is 1. The van der Waals surface area contributed by atoms with Gasteiger partial charge in [-0.15, -0.1) is 0 Å². The van der Waals surface area contributed by atoms with Crippen LogP contribution in [0.3, 0.4) is 0 Å². The molecule has 0 heterocycles. The zero-order valence-electron chi connectivity index (χ0n) is 11.5. The first-order chi connectivity index (χ1) is 9.70. The first-order valence-corrected chi connectivity index (χ1v) is 6.76. The Morgan fingerprint density at radius 3 is 2.80 bits per heavy atom. The van der Waals surface area contributed by atoms with Crippen LogP contribution in [0.25, 0.3) is 10.8 Å². The minimum atomic E-state index is -0.756. The Balaban J connectivity index is 1.97. The fourth-order valence-electron chi connectivity index (χ4n) is 2.09. The summed E-state index contributed by atoms with van der Waals surface area (Å²) in [6.45, 7) is 2.40. The molecule has 2 N–H and O–H groups in total. The van der Waals surface area contributed by atoms with Crippen molar-refractivity contribution >= 4 is 22.4 Å². The topological polar surface area (TPSA) is 58.6 Å². The van der Waals surface area contributed by atoms with Crippen LogP contribution in [-0.4, -0.2) is 30.3 Å². The predicted octanol–water partition coefficient (Wildman–Crippen LogP) is 2.57. The van der Waals surface area contributed by atoms with E-state index in [4.69, 9.17) is 4.74 Å². The van der Waals surface area contributed by atoms with Crippen molar-refractivity contribution in [3.63, 3.8) is 0 Å². The third-order valence-corrected chi connectivity index (χ3v) is 3.03. The molecule has 0 aliphatic carbocycles. The van der Waals surface area contributed by atoms with E-state index in [1.165, 1.54) is 0 Å². The van der Waals surface area contributed by atoms with E-state index in [0.717, 1.165) is 16.5 Å². The second kappa shape index (κ2) is 6.91. The van der Waals surface area contributed by atoms with Gasteiger partial charge in [-0.05, 0) is 18.4 Å². The van der Waals surface area contributed by atoms with Crippen LogP contribution in [0, 0.1) is 0 Å². The number of aliphatic hydroxyl groups excluding tert-OH is 1. The van der Waals surface area contributed by atoms with Crippen LogP contribution in [-0.2, 0) is 9.53 Å². The van der Waals surface area contributed by atoms with Crippen molar-refractivity contribution in [1.82, 2.24) is 0 Å². The van der Waals surface area contributed by atoms with Crippen LogP contribution in [0.15, 0.2) is 42.5 Å². The summed E-state index contributed by atoms with van der Waals surface area (Å²) in [6.07, 6.45) is -0.751. The van der Waals surface area contributed by atoms with Gasteiger partial charge in [-0.2, -0.15) is 0 Å². The summed E-state index contributed by atoms with van der Waals surface area (Å²) in [5.41, 5.74) is 0.950. The summed E-state index contributed by atoms with van der Waals surface area (Å²) in [6, 6.07) is 14.0. The van der Waals surface area contributed by atoms with Gasteiger partial charge in [0.05, 0.1) is 19.1 Å². The third-order valence-electron chi connectivity index (χ3n) is 3.03. The largest absolute Gasteiger partial charge is 0.466 e. The third kappa shape index (κ3) is 3.71. The molecule has 4 nitrogen and oxygen atoms in total. The van der Waals surface area contributed by atoms with Crippen LogP contribution >= 0.6 is 0 Å². The van der Waals surface area contributed by atoms with Crippen molar-refractivity contribution in [1.29, 1.82) is 0 Å². The quantitative estimate of drug-likeness (QED) is 0.794. The highest BCUT2D eigenvalue weighted by Crippen LogP contribution is 2.22. The molecule has 0 spiro atoms. The zero-order valence-corrected chi connectivity index (χ0v) is 11.5. The average molecular weight is 273 g/mol. The zero-order chi connectivity index (χ0) is 14.4. The van der Waals surface area contributed by atoms with Crippen molar-refractivity contribution in [3.05, 3.63) is 42.5 Å². The Morgan fingerprint density at radius 2 is 2.00 bits per heavy atom. The number of aliphatic hydroxyl groups is 1. The number of hydrogen-bond acceptors (Lipinski definition) is 4. The highest BCUT2D eigenvalue weighted by atomic mass is 16.5. The molecule has 0 aliphatic heterocycles. The molecule has 0 amide bonds. The molecule has 0 aliphatic rings. The Hall–Kier alpha value is -2.07. The molecule has 0 saturated carbocycles. The van der Waals surface area contributed by atoms with E-state index < -0.39 is 6.10 Å². The van der Waals surface area contributed by atoms with Crippen molar-refractivity contribution in [2.45, 2.75) is 19.4 Å². The van der Waals surface area contributed by atoms with E-state index in [1.807, 2.05) is 42.5 Å². The van der Waals surface area contributed by atoms with Gasteiger partial charge in [-0.25, -0.2) is 0 Å². The van der Waals surface area contributed by atoms with Crippen LogP contribution in [0.4, 0.5) is 5.69 Å². The van der Waals surface area contributed by atoms with Gasteiger partial charge in [0, 0.05) is 17.6 Å². The lowest BCUT2D eigenvalue weighted by atomic mass is 10.1. The predicted molar refractivity (Wildman–Crippen MR) is 79.7 cm³/mol. The average Bonchev–Trinajstić information content (AvgIpc) is 2.45. The number of ether oxygens (including phenoxy) is 1. The molecular formula is C16H19NO3. The van der Waals surface area contributed by atoms with Gasteiger partial charge in [0.2, 0.25) is 0 Å². The van der Waals surface area contributed by atoms with Gasteiger partial charge in [-0.3, -0.25) is 4.79 Å². The minimum Gasteiger partial charge on any atom is -0.466 e. The van der Waals surface area contributed by atoms with Crippen LogP contribution < -0.4 is 5.32 Å². The summed E-state index contributed by atoms with van der Waals surface area (Å²) in [5.74, 6) is -0.375. The number of fused-ring (bicyclic) bond motifs is 1. The fraction of sp³-hybridized carbons (Fsp3) is 0.312. The summed E-state index contributed by atoms with van der Waals surface area (Å²) in [7, 11) is 0. The smallest absolute Gasteiger partial charge is 0.308 e. The molecule has 1 unspecified atom stereocenters. The normalized spacial score (nSPS) is 12.1. The maximum Gasteiger partial charge on any atom is 0.308 e. The second-order valence-corrected chi connectivity index (χ2v) is 4.57. The molecule has 106 valence electrons.